The molecule has 4 aromatic heterocycles. The van der Waals surface area contributed by atoms with Crippen molar-refractivity contribution in [2.45, 2.75) is 31.8 Å². The summed E-state index contributed by atoms with van der Waals surface area (Å²) in [5.74, 6) is -1.66. The fourth-order valence-electron chi connectivity index (χ4n) is 4.41. The van der Waals surface area contributed by atoms with Gasteiger partial charge < -0.3 is 19.8 Å². The predicted octanol–water partition coefficient (Wildman–Crippen LogP) is 3.75. The molecule has 1 fully saturated rings. The van der Waals surface area contributed by atoms with Crippen LogP contribution in [0.25, 0.3) is 16.4 Å². The Morgan fingerprint density at radius 2 is 2.11 bits per heavy atom. The number of pyridine rings is 1. The molecule has 1 saturated carbocycles. The van der Waals surface area contributed by atoms with E-state index in [1.807, 2.05) is 18.2 Å². The van der Waals surface area contributed by atoms with E-state index in [0.717, 1.165) is 18.4 Å². The molecule has 182 valence electrons. The number of carbonyl (C=O) groups is 2. The van der Waals surface area contributed by atoms with Gasteiger partial charge in [-0.1, -0.05) is 28.9 Å². The summed E-state index contributed by atoms with van der Waals surface area (Å²) in [6.07, 6.45) is 6.72. The van der Waals surface area contributed by atoms with Gasteiger partial charge in [0.1, 0.15) is 5.52 Å². The van der Waals surface area contributed by atoms with Gasteiger partial charge in [0, 0.05) is 17.1 Å². The first-order valence-corrected chi connectivity index (χ1v) is 11.6. The minimum absolute atomic E-state index is 0.0287. The number of aromatic amines is 1. The van der Waals surface area contributed by atoms with Gasteiger partial charge in [0.2, 0.25) is 0 Å². The van der Waals surface area contributed by atoms with Crippen LogP contribution in [-0.4, -0.2) is 46.3 Å². The zero-order valence-electron chi connectivity index (χ0n) is 18.7. The molecule has 12 heteroatoms. The number of carboxylic acid groups (broad SMARTS) is 1. The van der Waals surface area contributed by atoms with Crippen molar-refractivity contribution in [1.82, 2.24) is 34.7 Å². The van der Waals surface area contributed by atoms with E-state index in [0.29, 0.717) is 22.7 Å². The van der Waals surface area contributed by atoms with Crippen LogP contribution in [0.15, 0.2) is 43.0 Å². The summed E-state index contributed by atoms with van der Waals surface area (Å²) in [5.41, 5.74) is 3.09. The smallest absolute Gasteiger partial charge is 0.338 e. The predicted molar refractivity (Wildman–Crippen MR) is 128 cm³/mol. The Hall–Kier alpha value is -4.25. The maximum Gasteiger partial charge on any atom is 0.338 e. The van der Waals surface area contributed by atoms with Gasteiger partial charge in [-0.05, 0) is 36.5 Å². The molecule has 1 aliphatic carbocycles. The van der Waals surface area contributed by atoms with Crippen molar-refractivity contribution in [3.8, 4) is 0 Å². The van der Waals surface area contributed by atoms with Gasteiger partial charge in [-0.15, -0.1) is 5.10 Å². The average molecular weight is 508 g/mol. The lowest BCUT2D eigenvalue weighted by Gasteiger charge is -2.03. The second-order valence-electron chi connectivity index (χ2n) is 8.77. The molecular formula is C24H19ClFN7O3. The number of rotatable bonds is 7. The molecule has 0 saturated heterocycles. The highest BCUT2D eigenvalue weighted by Gasteiger charge is 2.25. The number of aromatic carboxylic acids is 1. The van der Waals surface area contributed by atoms with Crippen molar-refractivity contribution in [1.29, 1.82) is 0 Å². The standard InChI is InChI=1S/C24H19ClFN7O3/c25-15-5-6-32-11-28-17(22(32)21(15)26)8-27-23(34)19-10-33(31-30-19)9-18-20(24(35)36)14-4-3-13(12-1-2-12)7-16(14)29-18/h3-7,10-12,29H,1-2,8-9H2,(H,27,34)(H,35,36). The Morgan fingerprint density at radius 3 is 2.89 bits per heavy atom. The zero-order chi connectivity index (χ0) is 25.0. The van der Waals surface area contributed by atoms with Crippen LogP contribution in [-0.2, 0) is 13.1 Å². The van der Waals surface area contributed by atoms with E-state index < -0.39 is 17.7 Å². The van der Waals surface area contributed by atoms with Crippen molar-refractivity contribution in [3.05, 3.63) is 82.0 Å². The van der Waals surface area contributed by atoms with Crippen LogP contribution in [0.1, 0.15) is 56.6 Å². The normalized spacial score (nSPS) is 13.5. The minimum atomic E-state index is -1.05. The van der Waals surface area contributed by atoms with Gasteiger partial charge in [-0.25, -0.2) is 18.9 Å². The quantitative estimate of drug-likeness (QED) is 0.307. The average Bonchev–Trinajstić information content (AvgIpc) is 3.29. The Balaban J connectivity index is 1.20. The number of halogens is 2. The topological polar surface area (TPSA) is 130 Å². The molecule has 0 spiro atoms. The maximum atomic E-state index is 14.4. The Morgan fingerprint density at radius 1 is 1.28 bits per heavy atom. The zero-order valence-corrected chi connectivity index (χ0v) is 19.5. The van der Waals surface area contributed by atoms with Gasteiger partial charge in [-0.3, -0.25) is 4.79 Å². The Labute approximate surface area is 207 Å². The lowest BCUT2D eigenvalue weighted by Crippen LogP contribution is -2.23. The number of nitrogens with zero attached hydrogens (tertiary/aromatic N) is 5. The van der Waals surface area contributed by atoms with Gasteiger partial charge in [0.25, 0.3) is 5.91 Å². The fourth-order valence-corrected chi connectivity index (χ4v) is 4.56. The number of carbonyl (C=O) groups excluding carboxylic acids is 1. The van der Waals surface area contributed by atoms with Gasteiger partial charge in [0.05, 0.1) is 47.6 Å². The highest BCUT2D eigenvalue weighted by atomic mass is 35.5. The van der Waals surface area contributed by atoms with Crippen LogP contribution in [0, 0.1) is 5.82 Å². The first kappa shape index (κ1) is 22.2. The number of hydrogen-bond acceptors (Lipinski definition) is 5. The SMILES string of the molecule is O=C(NCc1ncn2ccc(Cl)c(F)c12)c1cn(Cc2[nH]c3cc(C4CC4)ccc3c2C(=O)O)nn1. The number of hydrogen-bond donors (Lipinski definition) is 3. The second kappa shape index (κ2) is 8.45. The molecule has 1 aromatic carbocycles. The van der Waals surface area contributed by atoms with E-state index in [4.69, 9.17) is 11.6 Å². The van der Waals surface area contributed by atoms with Crippen LogP contribution in [0.5, 0.6) is 0 Å². The molecule has 0 aliphatic heterocycles. The molecule has 1 amide bonds. The third-order valence-corrected chi connectivity index (χ3v) is 6.63. The Kier molecular flexibility index (Phi) is 5.22. The van der Waals surface area contributed by atoms with Gasteiger partial charge >= 0.3 is 5.97 Å². The third-order valence-electron chi connectivity index (χ3n) is 6.34. The third kappa shape index (κ3) is 3.87. The number of nitrogens with one attached hydrogen (secondary N) is 2. The molecule has 10 nitrogen and oxygen atoms in total. The van der Waals surface area contributed by atoms with Crippen molar-refractivity contribution in [3.63, 3.8) is 0 Å². The van der Waals surface area contributed by atoms with Crippen molar-refractivity contribution < 1.29 is 19.1 Å². The molecule has 5 aromatic rings. The molecule has 4 heterocycles. The molecule has 3 N–H and O–H groups in total. The highest BCUT2D eigenvalue weighted by molar-refractivity contribution is 6.31. The number of H-pyrrole nitrogens is 1. The molecule has 0 radical (unpaired) electrons. The second-order valence-corrected chi connectivity index (χ2v) is 9.18. The number of amides is 1. The van der Waals surface area contributed by atoms with E-state index in [1.165, 1.54) is 33.2 Å². The number of aromatic nitrogens is 6. The maximum absolute atomic E-state index is 14.4. The van der Waals surface area contributed by atoms with E-state index in [9.17, 15) is 19.1 Å². The van der Waals surface area contributed by atoms with E-state index in [-0.39, 0.29) is 34.9 Å². The molecule has 36 heavy (non-hydrogen) atoms. The fraction of sp³-hybridized carbons (Fsp3) is 0.208. The van der Waals surface area contributed by atoms with Crippen LogP contribution >= 0.6 is 11.6 Å². The van der Waals surface area contributed by atoms with E-state index in [1.54, 1.807) is 6.20 Å². The van der Waals surface area contributed by atoms with Crippen LogP contribution in [0.4, 0.5) is 4.39 Å². The first-order chi connectivity index (χ1) is 17.4. The van der Waals surface area contributed by atoms with Gasteiger partial charge in [-0.2, -0.15) is 0 Å². The molecule has 6 rings (SSSR count). The summed E-state index contributed by atoms with van der Waals surface area (Å²) in [6.45, 7) is 0.0404. The number of carboxylic acids is 1. The minimum Gasteiger partial charge on any atom is -0.478 e. The summed E-state index contributed by atoms with van der Waals surface area (Å²) in [4.78, 5) is 32.0. The lowest BCUT2D eigenvalue weighted by atomic mass is 10.1. The highest BCUT2D eigenvalue weighted by Crippen LogP contribution is 2.41. The van der Waals surface area contributed by atoms with Crippen molar-refractivity contribution in [2.75, 3.05) is 0 Å². The number of benzene rings is 1. The molecule has 0 bridgehead atoms. The van der Waals surface area contributed by atoms with Crippen LogP contribution in [0.2, 0.25) is 5.02 Å². The summed E-state index contributed by atoms with van der Waals surface area (Å²) in [5, 5.41) is 20.9. The van der Waals surface area contributed by atoms with Crippen LogP contribution in [0.3, 0.4) is 0 Å². The van der Waals surface area contributed by atoms with Gasteiger partial charge in [0.15, 0.2) is 11.5 Å². The summed E-state index contributed by atoms with van der Waals surface area (Å²) in [7, 11) is 0. The lowest BCUT2D eigenvalue weighted by molar-refractivity contribution is 0.0697. The molecule has 1 aliphatic rings. The van der Waals surface area contributed by atoms with Crippen molar-refractivity contribution in [2.24, 2.45) is 0 Å². The monoisotopic (exact) mass is 507 g/mol. The Bertz CT molecular complexity index is 1670. The summed E-state index contributed by atoms with van der Waals surface area (Å²) in [6, 6.07) is 7.23. The largest absolute Gasteiger partial charge is 0.478 e. The van der Waals surface area contributed by atoms with E-state index >= 15 is 0 Å². The molecular weight excluding hydrogens is 489 g/mol. The first-order valence-electron chi connectivity index (χ1n) is 11.2. The van der Waals surface area contributed by atoms with Crippen molar-refractivity contribution >= 4 is 39.9 Å². The van der Waals surface area contributed by atoms with E-state index in [2.05, 4.69) is 25.6 Å². The molecule has 0 atom stereocenters. The number of imidazole rings is 1. The summed E-state index contributed by atoms with van der Waals surface area (Å²) >= 11 is 5.86. The molecule has 0 unspecified atom stereocenters. The summed E-state index contributed by atoms with van der Waals surface area (Å²) < 4.78 is 17.3. The number of fused-ring (bicyclic) bond motifs is 2. The van der Waals surface area contributed by atoms with Crippen LogP contribution < -0.4 is 5.32 Å².